The molecule has 0 spiro atoms. The SMILES string of the molecule is C=CCOC(=O)c1sc(N2C(=O)C(=O)/C(=C(/O)c3ccc4c(c3)OCCO4)C2c2ccc(OCCCCC)c(OC)c2)nc1C. The van der Waals surface area contributed by atoms with E-state index < -0.39 is 29.5 Å². The van der Waals surface area contributed by atoms with Gasteiger partial charge in [-0.15, -0.1) is 0 Å². The van der Waals surface area contributed by atoms with Gasteiger partial charge in [0.1, 0.15) is 30.5 Å². The summed E-state index contributed by atoms with van der Waals surface area (Å²) in [5.74, 6) is -1.09. The molecule has 1 saturated heterocycles. The number of ether oxygens (including phenoxy) is 5. The second kappa shape index (κ2) is 13.9. The number of aryl methyl sites for hydroxylation is 1. The summed E-state index contributed by atoms with van der Waals surface area (Å²) in [4.78, 5) is 46.0. The smallest absolute Gasteiger partial charge is 0.350 e. The van der Waals surface area contributed by atoms with Crippen molar-refractivity contribution in [1.29, 1.82) is 0 Å². The molecule has 0 saturated carbocycles. The van der Waals surface area contributed by atoms with Crippen molar-refractivity contribution in [3.8, 4) is 23.0 Å². The molecular weight excluding hydrogens is 600 g/mol. The third-order valence-electron chi connectivity index (χ3n) is 7.28. The Morgan fingerprint density at radius 3 is 2.64 bits per heavy atom. The van der Waals surface area contributed by atoms with E-state index in [0.717, 1.165) is 30.6 Å². The summed E-state index contributed by atoms with van der Waals surface area (Å²) in [7, 11) is 1.50. The van der Waals surface area contributed by atoms with Crippen LogP contribution in [0.3, 0.4) is 0 Å². The molecular formula is C33H34N2O9S. The summed E-state index contributed by atoms with van der Waals surface area (Å²) in [6, 6.07) is 8.73. The standard InChI is InChI=1S/C33H34N2O9S/c1-5-7-8-14-41-22-11-9-20(17-24(22)40-4)27-26(28(36)21-10-12-23-25(18-21)43-16-15-42-23)29(37)31(38)35(27)33-34-19(3)30(45-33)32(39)44-13-6-2/h6,9-12,17-18,27,36H,2,5,7-8,13-16H2,1,3-4H3/b28-26+. The van der Waals surface area contributed by atoms with Crippen molar-refractivity contribution in [2.24, 2.45) is 0 Å². The first kappa shape index (κ1) is 31.6. The number of amides is 1. The number of rotatable bonds is 12. The van der Waals surface area contributed by atoms with Crippen LogP contribution in [0.1, 0.15) is 58.7 Å². The van der Waals surface area contributed by atoms with Gasteiger partial charge in [-0.25, -0.2) is 9.78 Å². The van der Waals surface area contributed by atoms with Crippen molar-refractivity contribution in [1.82, 2.24) is 4.98 Å². The molecule has 5 rings (SSSR count). The fraction of sp³-hybridized carbons (Fsp3) is 0.333. The summed E-state index contributed by atoms with van der Waals surface area (Å²) >= 11 is 0.913. The Morgan fingerprint density at radius 1 is 1.13 bits per heavy atom. The predicted octanol–water partition coefficient (Wildman–Crippen LogP) is 5.77. The maximum atomic E-state index is 13.7. The molecule has 236 valence electrons. The summed E-state index contributed by atoms with van der Waals surface area (Å²) in [5, 5.41) is 11.7. The molecule has 3 aromatic rings. The van der Waals surface area contributed by atoms with Gasteiger partial charge in [-0.2, -0.15) is 0 Å². The number of aromatic nitrogens is 1. The predicted molar refractivity (Wildman–Crippen MR) is 168 cm³/mol. The normalized spacial score (nSPS) is 16.9. The fourth-order valence-corrected chi connectivity index (χ4v) is 6.06. The number of carbonyl (C=O) groups excluding carboxylic acids is 3. The first-order chi connectivity index (χ1) is 21.8. The molecule has 1 fully saturated rings. The van der Waals surface area contributed by atoms with Crippen molar-refractivity contribution in [2.45, 2.75) is 39.2 Å². The van der Waals surface area contributed by atoms with Gasteiger partial charge in [0.15, 0.2) is 28.1 Å². The lowest BCUT2D eigenvalue weighted by Gasteiger charge is -2.24. The second-order valence-electron chi connectivity index (χ2n) is 10.3. The molecule has 1 atom stereocenters. The molecule has 1 aromatic heterocycles. The number of unbranched alkanes of at least 4 members (excludes halogenated alkanes) is 2. The Balaban J connectivity index is 1.63. The van der Waals surface area contributed by atoms with E-state index in [0.29, 0.717) is 54.1 Å². The van der Waals surface area contributed by atoms with E-state index in [-0.39, 0.29) is 27.8 Å². The van der Waals surface area contributed by atoms with Crippen molar-refractivity contribution in [3.05, 3.63) is 76.3 Å². The first-order valence-corrected chi connectivity index (χ1v) is 15.4. The van der Waals surface area contributed by atoms with Crippen LogP contribution in [-0.4, -0.2) is 61.3 Å². The minimum absolute atomic E-state index is 0.00177. The van der Waals surface area contributed by atoms with Gasteiger partial charge in [0, 0.05) is 5.56 Å². The van der Waals surface area contributed by atoms with E-state index in [9.17, 15) is 19.5 Å². The van der Waals surface area contributed by atoms with Crippen molar-refractivity contribution in [3.63, 3.8) is 0 Å². The highest BCUT2D eigenvalue weighted by molar-refractivity contribution is 7.17. The highest BCUT2D eigenvalue weighted by atomic mass is 32.1. The Labute approximate surface area is 264 Å². The third-order valence-corrected chi connectivity index (χ3v) is 8.41. The third kappa shape index (κ3) is 6.37. The zero-order valence-electron chi connectivity index (χ0n) is 25.3. The number of aliphatic hydroxyl groups is 1. The number of esters is 1. The number of methoxy groups -OCH3 is 1. The molecule has 3 heterocycles. The van der Waals surface area contributed by atoms with Crippen LogP contribution in [0.2, 0.25) is 0 Å². The molecule has 2 aliphatic heterocycles. The number of thiazole rings is 1. The van der Waals surface area contributed by atoms with E-state index in [4.69, 9.17) is 23.7 Å². The number of benzene rings is 2. The summed E-state index contributed by atoms with van der Waals surface area (Å²) in [6.45, 7) is 8.48. The number of aliphatic hydroxyl groups excluding tert-OH is 1. The van der Waals surface area contributed by atoms with Gasteiger partial charge in [0.25, 0.3) is 5.78 Å². The average Bonchev–Trinajstić information content (AvgIpc) is 3.57. The molecule has 1 N–H and O–H groups in total. The monoisotopic (exact) mass is 634 g/mol. The van der Waals surface area contributed by atoms with Crippen LogP contribution < -0.4 is 23.8 Å². The number of fused-ring (bicyclic) bond motifs is 1. The van der Waals surface area contributed by atoms with E-state index in [1.807, 2.05) is 0 Å². The van der Waals surface area contributed by atoms with Gasteiger partial charge in [-0.05, 0) is 49.2 Å². The number of nitrogens with zero attached hydrogens (tertiary/aromatic N) is 2. The summed E-state index contributed by atoms with van der Waals surface area (Å²) in [6.07, 6.45) is 4.38. The average molecular weight is 635 g/mol. The quantitative estimate of drug-likeness (QED) is 0.0654. The zero-order chi connectivity index (χ0) is 32.1. The van der Waals surface area contributed by atoms with Crippen molar-refractivity contribution >= 4 is 39.9 Å². The Morgan fingerprint density at radius 2 is 1.91 bits per heavy atom. The lowest BCUT2D eigenvalue weighted by Crippen LogP contribution is -2.29. The Kier molecular flexibility index (Phi) is 9.72. The fourth-order valence-electron chi connectivity index (χ4n) is 5.07. The van der Waals surface area contributed by atoms with Crippen LogP contribution in [0, 0.1) is 6.92 Å². The molecule has 12 heteroatoms. The maximum Gasteiger partial charge on any atom is 0.350 e. The van der Waals surface area contributed by atoms with E-state index in [2.05, 4.69) is 18.5 Å². The van der Waals surface area contributed by atoms with E-state index in [1.165, 1.54) is 18.1 Å². The van der Waals surface area contributed by atoms with Crippen LogP contribution in [0.15, 0.2) is 54.6 Å². The number of hydrogen-bond donors (Lipinski definition) is 1. The molecule has 0 aliphatic carbocycles. The highest BCUT2D eigenvalue weighted by Crippen LogP contribution is 2.46. The van der Waals surface area contributed by atoms with E-state index >= 15 is 0 Å². The number of carbonyl (C=O) groups is 3. The Hall–Kier alpha value is -4.84. The van der Waals surface area contributed by atoms with Gasteiger partial charge in [0.05, 0.1) is 31.0 Å². The van der Waals surface area contributed by atoms with Gasteiger partial charge in [-0.1, -0.05) is 49.8 Å². The molecule has 1 unspecified atom stereocenters. The van der Waals surface area contributed by atoms with Crippen LogP contribution in [0.5, 0.6) is 23.0 Å². The van der Waals surface area contributed by atoms with Crippen molar-refractivity contribution in [2.75, 3.05) is 38.4 Å². The minimum atomic E-state index is -1.12. The van der Waals surface area contributed by atoms with Gasteiger partial charge in [-0.3, -0.25) is 14.5 Å². The summed E-state index contributed by atoms with van der Waals surface area (Å²) in [5.41, 5.74) is 0.868. The largest absolute Gasteiger partial charge is 0.507 e. The number of Topliss-reactive ketones (excluding diaryl/α,β-unsaturated/α-hetero) is 1. The maximum absolute atomic E-state index is 13.7. The Bertz CT molecular complexity index is 1660. The van der Waals surface area contributed by atoms with Gasteiger partial charge < -0.3 is 28.8 Å². The highest BCUT2D eigenvalue weighted by Gasteiger charge is 2.48. The van der Waals surface area contributed by atoms with E-state index in [1.54, 1.807) is 43.3 Å². The van der Waals surface area contributed by atoms with Crippen LogP contribution in [0.4, 0.5) is 5.13 Å². The molecule has 0 radical (unpaired) electrons. The van der Waals surface area contributed by atoms with Crippen LogP contribution >= 0.6 is 11.3 Å². The molecule has 1 amide bonds. The van der Waals surface area contributed by atoms with Crippen LogP contribution in [0.25, 0.3) is 5.76 Å². The topological polar surface area (TPSA) is 134 Å². The molecule has 0 bridgehead atoms. The van der Waals surface area contributed by atoms with Gasteiger partial charge >= 0.3 is 11.9 Å². The molecule has 11 nitrogen and oxygen atoms in total. The number of anilines is 1. The minimum Gasteiger partial charge on any atom is -0.507 e. The lowest BCUT2D eigenvalue weighted by atomic mass is 9.95. The number of ketones is 1. The second-order valence-corrected chi connectivity index (χ2v) is 11.3. The molecule has 2 aromatic carbocycles. The molecule has 45 heavy (non-hydrogen) atoms. The van der Waals surface area contributed by atoms with Crippen molar-refractivity contribution < 1.29 is 43.2 Å². The molecule has 2 aliphatic rings. The van der Waals surface area contributed by atoms with Gasteiger partial charge in [0.2, 0.25) is 0 Å². The zero-order valence-corrected chi connectivity index (χ0v) is 26.1. The lowest BCUT2D eigenvalue weighted by molar-refractivity contribution is -0.132. The van der Waals surface area contributed by atoms with Crippen LogP contribution in [-0.2, 0) is 14.3 Å². The first-order valence-electron chi connectivity index (χ1n) is 14.6. The summed E-state index contributed by atoms with van der Waals surface area (Å²) < 4.78 is 28.0. The number of hydrogen-bond acceptors (Lipinski definition) is 11.